The number of benzene rings is 1. The molecule has 2 fully saturated rings. The van der Waals surface area contributed by atoms with Crippen molar-refractivity contribution in [3.8, 4) is 0 Å². The Hall–Kier alpha value is -1.16. The molecule has 2 aliphatic heterocycles. The number of rotatable bonds is 1. The average Bonchev–Trinajstić information content (AvgIpc) is 2.94. The van der Waals surface area contributed by atoms with Gasteiger partial charge in [0.1, 0.15) is 0 Å². The maximum Gasteiger partial charge on any atom is 0.160 e. The van der Waals surface area contributed by atoms with Crippen LogP contribution in [0.15, 0.2) is 18.2 Å². The van der Waals surface area contributed by atoms with Crippen molar-refractivity contribution in [2.45, 2.75) is 12.8 Å². The minimum atomic E-state index is -0.773. The van der Waals surface area contributed by atoms with Crippen LogP contribution in [0.4, 0.5) is 14.5 Å². The summed E-state index contributed by atoms with van der Waals surface area (Å²) in [6.45, 7) is 4.01. The second-order valence-electron chi connectivity index (χ2n) is 5.20. The van der Waals surface area contributed by atoms with Gasteiger partial charge < -0.3 is 10.2 Å². The molecular formula is C13H16F2N2. The molecule has 0 radical (unpaired) electrons. The largest absolute Gasteiger partial charge is 0.371 e. The molecular weight excluding hydrogens is 222 g/mol. The van der Waals surface area contributed by atoms with Gasteiger partial charge in [-0.3, -0.25) is 0 Å². The Morgan fingerprint density at radius 1 is 1.18 bits per heavy atom. The van der Waals surface area contributed by atoms with E-state index in [9.17, 15) is 8.78 Å². The van der Waals surface area contributed by atoms with E-state index in [-0.39, 0.29) is 0 Å². The Bertz CT molecular complexity index is 427. The molecule has 1 atom stereocenters. The fraction of sp³-hybridized carbons (Fsp3) is 0.538. The van der Waals surface area contributed by atoms with Crippen molar-refractivity contribution in [1.29, 1.82) is 0 Å². The van der Waals surface area contributed by atoms with Gasteiger partial charge in [0, 0.05) is 36.8 Å². The molecule has 0 aliphatic carbocycles. The van der Waals surface area contributed by atoms with E-state index in [1.165, 1.54) is 18.6 Å². The Labute approximate surface area is 99.6 Å². The van der Waals surface area contributed by atoms with Gasteiger partial charge in [0.05, 0.1) is 0 Å². The van der Waals surface area contributed by atoms with E-state index in [2.05, 4.69) is 10.2 Å². The summed E-state index contributed by atoms with van der Waals surface area (Å²) in [6.07, 6.45) is 2.33. The molecule has 4 heteroatoms. The number of hydrogen-bond acceptors (Lipinski definition) is 2. The summed E-state index contributed by atoms with van der Waals surface area (Å²) >= 11 is 0. The molecule has 1 N–H and O–H groups in total. The van der Waals surface area contributed by atoms with E-state index in [1.54, 1.807) is 6.07 Å². The lowest BCUT2D eigenvalue weighted by Gasteiger charge is -2.24. The van der Waals surface area contributed by atoms with Crippen LogP contribution in [0.3, 0.4) is 0 Å². The molecule has 1 spiro atoms. The van der Waals surface area contributed by atoms with Gasteiger partial charge in [-0.1, -0.05) is 0 Å². The first kappa shape index (κ1) is 11.0. The molecule has 3 rings (SSSR count). The van der Waals surface area contributed by atoms with E-state index < -0.39 is 11.6 Å². The maximum absolute atomic E-state index is 13.2. The third-order valence-electron chi connectivity index (χ3n) is 4.04. The summed E-state index contributed by atoms with van der Waals surface area (Å²) in [5.74, 6) is -1.53. The van der Waals surface area contributed by atoms with E-state index >= 15 is 0 Å². The van der Waals surface area contributed by atoms with E-state index in [0.717, 1.165) is 38.3 Å². The normalized spacial score (nSPS) is 28.2. The van der Waals surface area contributed by atoms with Crippen LogP contribution < -0.4 is 10.2 Å². The quantitative estimate of drug-likeness (QED) is 0.806. The molecule has 1 aromatic rings. The second-order valence-corrected chi connectivity index (χ2v) is 5.20. The molecule has 0 bridgehead atoms. The van der Waals surface area contributed by atoms with Crippen LogP contribution in [0, 0.1) is 17.0 Å². The van der Waals surface area contributed by atoms with Gasteiger partial charge >= 0.3 is 0 Å². The van der Waals surface area contributed by atoms with Crippen LogP contribution in [0.2, 0.25) is 0 Å². The van der Waals surface area contributed by atoms with Crippen molar-refractivity contribution < 1.29 is 8.78 Å². The summed E-state index contributed by atoms with van der Waals surface area (Å²) in [6, 6.07) is 4.18. The molecule has 1 aromatic carbocycles. The number of halogens is 2. The number of nitrogens with one attached hydrogen (secondary N) is 1. The topological polar surface area (TPSA) is 15.3 Å². The van der Waals surface area contributed by atoms with Crippen molar-refractivity contribution in [3.63, 3.8) is 0 Å². The van der Waals surface area contributed by atoms with Crippen molar-refractivity contribution in [1.82, 2.24) is 5.32 Å². The first-order valence-corrected chi connectivity index (χ1v) is 6.09. The van der Waals surface area contributed by atoms with Crippen LogP contribution in [0.1, 0.15) is 12.8 Å². The standard InChI is InChI=1S/C13H16F2N2/c14-11-2-1-10(7-12(11)15)17-6-4-13(9-17)3-5-16-8-13/h1-2,7,16H,3-6,8-9H2. The van der Waals surface area contributed by atoms with Gasteiger partial charge in [-0.25, -0.2) is 8.78 Å². The molecule has 0 amide bonds. The van der Waals surface area contributed by atoms with E-state index in [0.29, 0.717) is 5.41 Å². The van der Waals surface area contributed by atoms with E-state index in [1.807, 2.05) is 0 Å². The van der Waals surface area contributed by atoms with Gasteiger partial charge in [-0.2, -0.15) is 0 Å². The molecule has 2 saturated heterocycles. The zero-order valence-electron chi connectivity index (χ0n) is 9.68. The number of hydrogen-bond donors (Lipinski definition) is 1. The predicted octanol–water partition coefficient (Wildman–Crippen LogP) is 2.15. The average molecular weight is 238 g/mol. The highest BCUT2D eigenvalue weighted by molar-refractivity contribution is 5.48. The van der Waals surface area contributed by atoms with Crippen molar-refractivity contribution in [3.05, 3.63) is 29.8 Å². The summed E-state index contributed by atoms with van der Waals surface area (Å²) in [5.41, 5.74) is 1.15. The zero-order chi connectivity index (χ0) is 11.9. The summed E-state index contributed by atoms with van der Waals surface area (Å²) in [4.78, 5) is 2.16. The third-order valence-corrected chi connectivity index (χ3v) is 4.04. The molecule has 1 unspecified atom stereocenters. The van der Waals surface area contributed by atoms with Crippen LogP contribution in [-0.2, 0) is 0 Å². The molecule has 17 heavy (non-hydrogen) atoms. The Kier molecular flexibility index (Phi) is 2.54. The first-order valence-electron chi connectivity index (χ1n) is 6.09. The smallest absolute Gasteiger partial charge is 0.160 e. The molecule has 92 valence electrons. The minimum Gasteiger partial charge on any atom is -0.371 e. The Balaban J connectivity index is 1.79. The first-order chi connectivity index (χ1) is 8.19. The lowest BCUT2D eigenvalue weighted by atomic mass is 9.86. The second kappa shape index (κ2) is 3.95. The van der Waals surface area contributed by atoms with Gasteiger partial charge in [-0.05, 0) is 31.5 Å². The lowest BCUT2D eigenvalue weighted by molar-refractivity contribution is 0.369. The third kappa shape index (κ3) is 1.90. The van der Waals surface area contributed by atoms with Crippen LogP contribution in [0.5, 0.6) is 0 Å². The highest BCUT2D eigenvalue weighted by Crippen LogP contribution is 2.38. The lowest BCUT2D eigenvalue weighted by Crippen LogP contribution is -2.29. The van der Waals surface area contributed by atoms with Crippen LogP contribution in [0.25, 0.3) is 0 Å². The zero-order valence-corrected chi connectivity index (χ0v) is 9.68. The summed E-state index contributed by atoms with van der Waals surface area (Å²) in [7, 11) is 0. The van der Waals surface area contributed by atoms with Gasteiger partial charge in [-0.15, -0.1) is 0 Å². The monoisotopic (exact) mass is 238 g/mol. The Morgan fingerprint density at radius 2 is 2.06 bits per heavy atom. The molecule has 2 aliphatic rings. The Morgan fingerprint density at radius 3 is 2.76 bits per heavy atom. The van der Waals surface area contributed by atoms with Crippen molar-refractivity contribution in [2.75, 3.05) is 31.1 Å². The fourth-order valence-electron chi connectivity index (χ4n) is 2.98. The number of anilines is 1. The van der Waals surface area contributed by atoms with Crippen molar-refractivity contribution in [2.24, 2.45) is 5.41 Å². The highest BCUT2D eigenvalue weighted by atomic mass is 19.2. The van der Waals surface area contributed by atoms with Crippen molar-refractivity contribution >= 4 is 5.69 Å². The fourth-order valence-corrected chi connectivity index (χ4v) is 2.98. The SMILES string of the molecule is Fc1ccc(N2CCC3(CCNC3)C2)cc1F. The maximum atomic E-state index is 13.2. The van der Waals surface area contributed by atoms with Gasteiger partial charge in [0.15, 0.2) is 11.6 Å². The molecule has 2 nitrogen and oxygen atoms in total. The number of nitrogens with zero attached hydrogens (tertiary/aromatic N) is 1. The van der Waals surface area contributed by atoms with E-state index in [4.69, 9.17) is 0 Å². The van der Waals surface area contributed by atoms with Gasteiger partial charge in [0.25, 0.3) is 0 Å². The summed E-state index contributed by atoms with van der Waals surface area (Å²) < 4.78 is 26.1. The highest BCUT2D eigenvalue weighted by Gasteiger charge is 2.40. The summed E-state index contributed by atoms with van der Waals surface area (Å²) in [5, 5.41) is 3.39. The van der Waals surface area contributed by atoms with Crippen LogP contribution >= 0.6 is 0 Å². The molecule has 0 aromatic heterocycles. The van der Waals surface area contributed by atoms with Crippen LogP contribution in [-0.4, -0.2) is 26.2 Å². The molecule has 0 saturated carbocycles. The predicted molar refractivity (Wildman–Crippen MR) is 63.1 cm³/mol. The molecule has 2 heterocycles. The van der Waals surface area contributed by atoms with Gasteiger partial charge in [0.2, 0.25) is 0 Å². The minimum absolute atomic E-state index is 0.352.